The highest BCUT2D eigenvalue weighted by Gasteiger charge is 2.35. The SMILES string of the molecule is CCOC(=O)C1=C(O)C(=C2CCCCC2)SC1=Nc1ccccc1. The molecule has 24 heavy (non-hydrogen) atoms. The van der Waals surface area contributed by atoms with Crippen LogP contribution in [-0.2, 0) is 9.53 Å². The van der Waals surface area contributed by atoms with Gasteiger partial charge in [0, 0.05) is 0 Å². The molecule has 1 heterocycles. The first-order valence-corrected chi connectivity index (χ1v) is 9.17. The van der Waals surface area contributed by atoms with E-state index in [-0.39, 0.29) is 17.9 Å². The second-order valence-corrected chi connectivity index (χ2v) is 6.79. The first kappa shape index (κ1) is 16.8. The van der Waals surface area contributed by atoms with Crippen molar-refractivity contribution in [3.63, 3.8) is 0 Å². The van der Waals surface area contributed by atoms with Crippen LogP contribution in [0.2, 0.25) is 0 Å². The van der Waals surface area contributed by atoms with Gasteiger partial charge in [-0.15, -0.1) is 0 Å². The number of carbonyl (C=O) groups is 1. The Kier molecular flexibility index (Phi) is 5.41. The number of carbonyl (C=O) groups excluding carboxylic acids is 1. The molecule has 2 aliphatic rings. The molecule has 3 rings (SSSR count). The Morgan fingerprint density at radius 2 is 1.92 bits per heavy atom. The molecule has 0 aromatic heterocycles. The Labute approximate surface area is 146 Å². The monoisotopic (exact) mass is 343 g/mol. The fraction of sp³-hybridized carbons (Fsp3) is 0.368. The number of rotatable bonds is 3. The van der Waals surface area contributed by atoms with E-state index in [1.165, 1.54) is 23.8 Å². The summed E-state index contributed by atoms with van der Waals surface area (Å²) in [6.07, 6.45) is 5.43. The normalized spacial score (nSPS) is 20.0. The van der Waals surface area contributed by atoms with Crippen LogP contribution in [0.3, 0.4) is 0 Å². The first-order valence-electron chi connectivity index (χ1n) is 8.35. The average molecular weight is 343 g/mol. The number of benzene rings is 1. The van der Waals surface area contributed by atoms with Gasteiger partial charge < -0.3 is 9.84 Å². The number of ether oxygens (including phenoxy) is 1. The molecule has 0 atom stereocenters. The molecule has 0 spiro atoms. The van der Waals surface area contributed by atoms with Gasteiger partial charge in [0.2, 0.25) is 0 Å². The Bertz CT molecular complexity index is 711. The summed E-state index contributed by atoms with van der Waals surface area (Å²) in [6, 6.07) is 9.46. The van der Waals surface area contributed by atoms with E-state index in [2.05, 4.69) is 4.99 Å². The van der Waals surface area contributed by atoms with E-state index in [0.29, 0.717) is 5.04 Å². The molecule has 0 unspecified atom stereocenters. The van der Waals surface area contributed by atoms with Crippen molar-refractivity contribution in [1.29, 1.82) is 0 Å². The van der Waals surface area contributed by atoms with Crippen LogP contribution in [0.25, 0.3) is 0 Å². The van der Waals surface area contributed by atoms with Crippen molar-refractivity contribution in [2.75, 3.05) is 6.61 Å². The fourth-order valence-corrected chi connectivity index (χ4v) is 4.12. The summed E-state index contributed by atoms with van der Waals surface area (Å²) in [7, 11) is 0. The summed E-state index contributed by atoms with van der Waals surface area (Å²) in [5.41, 5.74) is 2.17. The molecule has 0 radical (unpaired) electrons. The standard InChI is InChI=1S/C19H21NO3S/c1-2-23-19(22)15-16(21)17(13-9-5-3-6-10-13)24-18(15)20-14-11-7-4-8-12-14/h4,7-8,11-12,21H,2-3,5-6,9-10H2,1H3. The van der Waals surface area contributed by atoms with Crippen molar-refractivity contribution >= 4 is 28.5 Å². The number of aliphatic imine (C=N–C) groups is 1. The van der Waals surface area contributed by atoms with Crippen LogP contribution in [0.15, 0.2) is 57.1 Å². The van der Waals surface area contributed by atoms with Crippen LogP contribution in [0.1, 0.15) is 39.0 Å². The zero-order valence-corrected chi connectivity index (χ0v) is 14.6. The highest BCUT2D eigenvalue weighted by atomic mass is 32.2. The zero-order chi connectivity index (χ0) is 16.9. The van der Waals surface area contributed by atoms with E-state index in [4.69, 9.17) is 4.74 Å². The van der Waals surface area contributed by atoms with Crippen LogP contribution in [-0.4, -0.2) is 22.7 Å². The lowest BCUT2D eigenvalue weighted by Crippen LogP contribution is -2.12. The Balaban J connectivity index is 2.02. The average Bonchev–Trinajstić information content (AvgIpc) is 2.93. The van der Waals surface area contributed by atoms with Crippen LogP contribution < -0.4 is 0 Å². The summed E-state index contributed by atoms with van der Waals surface area (Å²) < 4.78 is 5.13. The molecule has 1 aromatic rings. The third-order valence-corrected chi connectivity index (χ3v) is 5.28. The predicted octanol–water partition coefficient (Wildman–Crippen LogP) is 5.06. The number of esters is 1. The van der Waals surface area contributed by atoms with E-state index in [0.717, 1.165) is 36.3 Å². The maximum absolute atomic E-state index is 12.3. The number of hydrogen-bond donors (Lipinski definition) is 1. The van der Waals surface area contributed by atoms with Gasteiger partial charge in [0.05, 0.1) is 17.2 Å². The van der Waals surface area contributed by atoms with Gasteiger partial charge in [0.15, 0.2) is 0 Å². The van der Waals surface area contributed by atoms with Crippen LogP contribution in [0, 0.1) is 0 Å². The molecule has 126 valence electrons. The molecular formula is C19H21NO3S. The maximum Gasteiger partial charge on any atom is 0.344 e. The number of nitrogens with zero attached hydrogens (tertiary/aromatic N) is 1. The molecule has 0 amide bonds. The minimum absolute atomic E-state index is 0.0324. The van der Waals surface area contributed by atoms with Crippen molar-refractivity contribution < 1.29 is 14.6 Å². The van der Waals surface area contributed by atoms with Crippen molar-refractivity contribution in [2.24, 2.45) is 4.99 Å². The third kappa shape index (κ3) is 3.56. The lowest BCUT2D eigenvalue weighted by atomic mass is 9.94. The Hall–Kier alpha value is -2.01. The van der Waals surface area contributed by atoms with Crippen molar-refractivity contribution in [3.05, 3.63) is 52.1 Å². The summed E-state index contributed by atoms with van der Waals surface area (Å²) in [5, 5.41) is 11.2. The first-order chi connectivity index (χ1) is 11.7. The number of hydrogen-bond acceptors (Lipinski definition) is 5. The Morgan fingerprint density at radius 1 is 1.21 bits per heavy atom. The lowest BCUT2D eigenvalue weighted by Gasteiger charge is -2.15. The number of thioether (sulfide) groups is 1. The molecule has 4 nitrogen and oxygen atoms in total. The van der Waals surface area contributed by atoms with Gasteiger partial charge in [-0.3, -0.25) is 0 Å². The molecule has 1 aliphatic carbocycles. The van der Waals surface area contributed by atoms with Gasteiger partial charge in [-0.1, -0.05) is 42.0 Å². The number of allylic oxidation sites excluding steroid dienone is 1. The van der Waals surface area contributed by atoms with Crippen molar-refractivity contribution in [2.45, 2.75) is 39.0 Å². The molecule has 1 aromatic carbocycles. The highest BCUT2D eigenvalue weighted by Crippen LogP contribution is 2.43. The smallest absolute Gasteiger partial charge is 0.344 e. The van der Waals surface area contributed by atoms with Gasteiger partial charge >= 0.3 is 5.97 Å². The summed E-state index contributed by atoms with van der Waals surface area (Å²) in [4.78, 5) is 17.7. The van der Waals surface area contributed by atoms with E-state index in [9.17, 15) is 9.90 Å². The number of aliphatic hydroxyl groups excluding tert-OH is 1. The number of para-hydroxylation sites is 1. The van der Waals surface area contributed by atoms with Gasteiger partial charge in [0.1, 0.15) is 16.4 Å². The van der Waals surface area contributed by atoms with Crippen molar-refractivity contribution in [3.8, 4) is 0 Å². The highest BCUT2D eigenvalue weighted by molar-refractivity contribution is 8.18. The number of aliphatic hydroxyl groups is 1. The van der Waals surface area contributed by atoms with E-state index in [1.807, 2.05) is 30.3 Å². The summed E-state index contributed by atoms with van der Waals surface area (Å²) >= 11 is 1.39. The topological polar surface area (TPSA) is 58.9 Å². The van der Waals surface area contributed by atoms with Crippen LogP contribution >= 0.6 is 11.8 Å². The molecule has 1 N–H and O–H groups in total. The minimum atomic E-state index is -0.511. The predicted molar refractivity (Wildman–Crippen MR) is 97.5 cm³/mol. The lowest BCUT2D eigenvalue weighted by molar-refractivity contribution is -0.138. The van der Waals surface area contributed by atoms with Crippen molar-refractivity contribution in [1.82, 2.24) is 0 Å². The molecule has 0 saturated heterocycles. The second-order valence-electron chi connectivity index (χ2n) is 5.79. The second kappa shape index (κ2) is 7.71. The van der Waals surface area contributed by atoms with E-state index in [1.54, 1.807) is 6.92 Å². The summed E-state index contributed by atoms with van der Waals surface area (Å²) in [5.74, 6) is -0.478. The maximum atomic E-state index is 12.3. The van der Waals surface area contributed by atoms with Gasteiger partial charge in [-0.25, -0.2) is 9.79 Å². The molecule has 5 heteroatoms. The van der Waals surface area contributed by atoms with E-state index >= 15 is 0 Å². The molecule has 1 fully saturated rings. The largest absolute Gasteiger partial charge is 0.506 e. The van der Waals surface area contributed by atoms with Gasteiger partial charge in [-0.2, -0.15) is 0 Å². The minimum Gasteiger partial charge on any atom is -0.506 e. The summed E-state index contributed by atoms with van der Waals surface area (Å²) in [6.45, 7) is 2.02. The zero-order valence-electron chi connectivity index (χ0n) is 13.7. The molecule has 0 bridgehead atoms. The Morgan fingerprint density at radius 3 is 2.58 bits per heavy atom. The van der Waals surface area contributed by atoms with Crippen LogP contribution in [0.4, 0.5) is 5.69 Å². The molecule has 1 saturated carbocycles. The third-order valence-electron chi connectivity index (χ3n) is 4.11. The van der Waals surface area contributed by atoms with Gasteiger partial charge in [-0.05, 0) is 44.7 Å². The van der Waals surface area contributed by atoms with Gasteiger partial charge in [0.25, 0.3) is 0 Å². The molecule has 1 aliphatic heterocycles. The quantitative estimate of drug-likeness (QED) is 0.780. The van der Waals surface area contributed by atoms with Crippen LogP contribution in [0.5, 0.6) is 0 Å². The molecular weight excluding hydrogens is 322 g/mol. The fourth-order valence-electron chi connectivity index (χ4n) is 2.94. The van der Waals surface area contributed by atoms with E-state index < -0.39 is 5.97 Å².